The lowest BCUT2D eigenvalue weighted by Crippen LogP contribution is -2.44. The smallest absolute Gasteiger partial charge is 0.193 e. The minimum atomic E-state index is -1.75. The molecular formula is C16H29BrOSi. The fraction of sp³-hybridized carbons (Fsp3) is 0.750. The Morgan fingerprint density at radius 3 is 2.32 bits per heavy atom. The molecule has 0 aromatic carbocycles. The van der Waals surface area contributed by atoms with Gasteiger partial charge in [-0.15, -0.1) is 6.58 Å². The summed E-state index contributed by atoms with van der Waals surface area (Å²) in [5.41, 5.74) is 1.43. The van der Waals surface area contributed by atoms with Crippen molar-refractivity contribution in [3.8, 4) is 0 Å². The predicted octanol–water partition coefficient (Wildman–Crippen LogP) is 6.18. The van der Waals surface area contributed by atoms with Crippen LogP contribution in [0, 0.1) is 0 Å². The molecule has 0 amide bonds. The van der Waals surface area contributed by atoms with Crippen LogP contribution in [0.2, 0.25) is 18.1 Å². The third-order valence-electron chi connectivity index (χ3n) is 4.48. The highest BCUT2D eigenvalue weighted by molar-refractivity contribution is 9.11. The molecule has 0 saturated carbocycles. The Kier molecular flexibility index (Phi) is 6.09. The number of rotatable bonds is 4. The fourth-order valence-electron chi connectivity index (χ4n) is 2.12. The molecule has 19 heavy (non-hydrogen) atoms. The van der Waals surface area contributed by atoms with Crippen LogP contribution in [-0.2, 0) is 4.43 Å². The van der Waals surface area contributed by atoms with Crippen molar-refractivity contribution in [1.29, 1.82) is 0 Å². The van der Waals surface area contributed by atoms with Crippen molar-refractivity contribution in [3.63, 3.8) is 0 Å². The van der Waals surface area contributed by atoms with Crippen LogP contribution in [0.3, 0.4) is 0 Å². The molecule has 1 aliphatic rings. The quantitative estimate of drug-likeness (QED) is 0.437. The first-order valence-electron chi connectivity index (χ1n) is 7.37. The summed E-state index contributed by atoms with van der Waals surface area (Å²) in [6, 6.07) is 0. The molecule has 110 valence electrons. The molecule has 1 nitrogen and oxygen atoms in total. The van der Waals surface area contributed by atoms with Crippen LogP contribution >= 0.6 is 15.9 Å². The average molecular weight is 345 g/mol. The molecule has 0 bridgehead atoms. The minimum absolute atomic E-state index is 0.0911. The van der Waals surface area contributed by atoms with Crippen molar-refractivity contribution < 1.29 is 4.43 Å². The first kappa shape index (κ1) is 17.2. The lowest BCUT2D eigenvalue weighted by atomic mass is 10.0. The standard InChI is InChI=1S/C16H29BrOSi/c1-7-15(18-19(5,6)16(2,3)4)13-11-9-8-10-12-14(13)17/h7,15H,1,8-12H2,2-6H3. The van der Waals surface area contributed by atoms with Gasteiger partial charge in [0.2, 0.25) is 0 Å². The van der Waals surface area contributed by atoms with Gasteiger partial charge in [-0.25, -0.2) is 0 Å². The van der Waals surface area contributed by atoms with Gasteiger partial charge in [-0.1, -0.05) is 49.2 Å². The van der Waals surface area contributed by atoms with Crippen LogP contribution in [0.15, 0.2) is 22.7 Å². The molecule has 0 heterocycles. The second kappa shape index (κ2) is 6.73. The van der Waals surface area contributed by atoms with Crippen LogP contribution in [-0.4, -0.2) is 14.4 Å². The maximum Gasteiger partial charge on any atom is 0.193 e. The van der Waals surface area contributed by atoms with E-state index in [1.54, 1.807) is 0 Å². The Balaban J connectivity index is 2.92. The molecule has 0 radical (unpaired) electrons. The summed E-state index contributed by atoms with van der Waals surface area (Å²) in [6.07, 6.45) is 8.26. The van der Waals surface area contributed by atoms with E-state index in [9.17, 15) is 0 Å². The summed E-state index contributed by atoms with van der Waals surface area (Å²) < 4.78 is 7.91. The summed E-state index contributed by atoms with van der Waals surface area (Å²) in [5, 5.41) is 0.242. The molecule has 0 N–H and O–H groups in total. The Morgan fingerprint density at radius 1 is 1.21 bits per heavy atom. The second-order valence-electron chi connectivity index (χ2n) is 7.03. The van der Waals surface area contributed by atoms with Gasteiger partial charge >= 0.3 is 0 Å². The number of halogens is 1. The lowest BCUT2D eigenvalue weighted by Gasteiger charge is -2.39. The highest BCUT2D eigenvalue weighted by Crippen LogP contribution is 2.40. The summed E-state index contributed by atoms with van der Waals surface area (Å²) in [6.45, 7) is 15.5. The van der Waals surface area contributed by atoms with E-state index >= 15 is 0 Å². The average Bonchev–Trinajstić information content (AvgIpc) is 2.49. The largest absolute Gasteiger partial charge is 0.407 e. The van der Waals surface area contributed by atoms with Crippen molar-refractivity contribution in [2.75, 3.05) is 0 Å². The number of hydrogen-bond acceptors (Lipinski definition) is 1. The SMILES string of the molecule is C=CC(O[Si](C)(C)C(C)(C)C)C1=C(Br)CCCCC1. The van der Waals surface area contributed by atoms with Crippen molar-refractivity contribution in [2.45, 2.75) is 77.1 Å². The Morgan fingerprint density at radius 2 is 1.79 bits per heavy atom. The summed E-state index contributed by atoms with van der Waals surface area (Å²) in [4.78, 5) is 0. The third-order valence-corrected chi connectivity index (χ3v) is 9.84. The van der Waals surface area contributed by atoms with Crippen molar-refractivity contribution >= 4 is 24.2 Å². The normalized spacial score (nSPS) is 20.1. The van der Waals surface area contributed by atoms with Gasteiger partial charge in [0.15, 0.2) is 8.32 Å². The zero-order valence-electron chi connectivity index (χ0n) is 13.2. The van der Waals surface area contributed by atoms with E-state index < -0.39 is 8.32 Å². The van der Waals surface area contributed by atoms with Crippen LogP contribution in [0.1, 0.15) is 52.9 Å². The Bertz CT molecular complexity index is 352. The Labute approximate surface area is 128 Å². The summed E-state index contributed by atoms with van der Waals surface area (Å²) in [7, 11) is -1.75. The van der Waals surface area contributed by atoms with Gasteiger partial charge in [-0.2, -0.15) is 0 Å². The van der Waals surface area contributed by atoms with Gasteiger partial charge in [0.05, 0.1) is 6.10 Å². The maximum atomic E-state index is 6.55. The highest BCUT2D eigenvalue weighted by atomic mass is 79.9. The highest BCUT2D eigenvalue weighted by Gasteiger charge is 2.39. The van der Waals surface area contributed by atoms with E-state index in [1.807, 2.05) is 6.08 Å². The van der Waals surface area contributed by atoms with E-state index in [-0.39, 0.29) is 11.1 Å². The van der Waals surface area contributed by atoms with Crippen LogP contribution in [0.4, 0.5) is 0 Å². The predicted molar refractivity (Wildman–Crippen MR) is 91.3 cm³/mol. The van der Waals surface area contributed by atoms with Gasteiger partial charge in [-0.05, 0) is 53.9 Å². The zero-order chi connectivity index (χ0) is 14.7. The molecule has 1 unspecified atom stereocenters. The number of allylic oxidation sites excluding steroid dienone is 1. The Hall–Kier alpha value is 0.137. The zero-order valence-corrected chi connectivity index (χ0v) is 15.8. The minimum Gasteiger partial charge on any atom is -0.407 e. The molecule has 0 aliphatic heterocycles. The summed E-state index contributed by atoms with van der Waals surface area (Å²) >= 11 is 3.77. The van der Waals surface area contributed by atoms with Crippen molar-refractivity contribution in [3.05, 3.63) is 22.7 Å². The molecule has 0 aromatic rings. The third kappa shape index (κ3) is 4.57. The molecule has 1 aliphatic carbocycles. The summed E-state index contributed by atoms with van der Waals surface area (Å²) in [5.74, 6) is 0. The lowest BCUT2D eigenvalue weighted by molar-refractivity contribution is 0.252. The maximum absolute atomic E-state index is 6.55. The molecule has 0 fully saturated rings. The first-order valence-corrected chi connectivity index (χ1v) is 11.1. The van der Waals surface area contributed by atoms with Gasteiger partial charge in [0.25, 0.3) is 0 Å². The molecule has 1 rings (SSSR count). The molecular weight excluding hydrogens is 316 g/mol. The molecule has 3 heteroatoms. The second-order valence-corrected chi connectivity index (χ2v) is 12.7. The molecule has 0 aromatic heterocycles. The van der Waals surface area contributed by atoms with Gasteiger partial charge in [0, 0.05) is 0 Å². The van der Waals surface area contributed by atoms with E-state index in [4.69, 9.17) is 4.43 Å². The molecule has 0 saturated heterocycles. The van der Waals surface area contributed by atoms with Gasteiger partial charge < -0.3 is 4.43 Å². The molecule has 1 atom stereocenters. The van der Waals surface area contributed by atoms with E-state index in [0.717, 1.165) is 12.8 Å². The van der Waals surface area contributed by atoms with E-state index in [2.05, 4.69) is 56.4 Å². The van der Waals surface area contributed by atoms with Crippen LogP contribution in [0.5, 0.6) is 0 Å². The van der Waals surface area contributed by atoms with Crippen molar-refractivity contribution in [1.82, 2.24) is 0 Å². The van der Waals surface area contributed by atoms with Crippen LogP contribution in [0.25, 0.3) is 0 Å². The number of hydrogen-bond donors (Lipinski definition) is 0. The van der Waals surface area contributed by atoms with Crippen LogP contribution < -0.4 is 0 Å². The fourth-order valence-corrected chi connectivity index (χ4v) is 4.05. The van der Waals surface area contributed by atoms with E-state index in [0.29, 0.717) is 0 Å². The molecule has 0 spiro atoms. The van der Waals surface area contributed by atoms with Crippen molar-refractivity contribution in [2.24, 2.45) is 0 Å². The monoisotopic (exact) mass is 344 g/mol. The van der Waals surface area contributed by atoms with E-state index in [1.165, 1.54) is 29.3 Å². The van der Waals surface area contributed by atoms with Gasteiger partial charge in [0.1, 0.15) is 0 Å². The van der Waals surface area contributed by atoms with Gasteiger partial charge in [-0.3, -0.25) is 0 Å². The topological polar surface area (TPSA) is 9.23 Å². The first-order chi connectivity index (χ1) is 8.69.